The molecule has 0 radical (unpaired) electrons. The number of nitrogens with one attached hydrogen (secondary N) is 1. The number of hydrogen-bond acceptors (Lipinski definition) is 4. The Morgan fingerprint density at radius 2 is 1.88 bits per heavy atom. The van der Waals surface area contributed by atoms with Crippen molar-refractivity contribution in [3.63, 3.8) is 0 Å². The predicted octanol–water partition coefficient (Wildman–Crippen LogP) is 4.06. The number of hydrogen-bond donors (Lipinski definition) is 1. The van der Waals surface area contributed by atoms with Gasteiger partial charge in [0.05, 0.1) is 12.0 Å². The lowest BCUT2D eigenvalue weighted by Gasteiger charge is -2.35. The number of ether oxygens (including phenoxy) is 2. The van der Waals surface area contributed by atoms with E-state index in [4.69, 9.17) is 9.47 Å². The highest BCUT2D eigenvalue weighted by Crippen LogP contribution is 2.37. The van der Waals surface area contributed by atoms with E-state index >= 15 is 0 Å². The minimum atomic E-state index is -3.09. The van der Waals surface area contributed by atoms with Crippen molar-refractivity contribution in [1.29, 1.82) is 0 Å². The number of rotatable bonds is 4. The molecule has 26 heavy (non-hydrogen) atoms. The first-order valence-electron chi connectivity index (χ1n) is 8.65. The molecule has 2 rings (SSSR count). The maximum atomic E-state index is 14.1. The second-order valence-corrected chi connectivity index (χ2v) is 7.52. The average molecular weight is 369 g/mol. The summed E-state index contributed by atoms with van der Waals surface area (Å²) >= 11 is 0. The van der Waals surface area contributed by atoms with Gasteiger partial charge in [0, 0.05) is 6.42 Å². The van der Waals surface area contributed by atoms with E-state index in [-0.39, 0.29) is 19.4 Å². The van der Waals surface area contributed by atoms with Crippen LogP contribution in [0.25, 0.3) is 0 Å². The van der Waals surface area contributed by atoms with Crippen molar-refractivity contribution in [3.05, 3.63) is 35.9 Å². The van der Waals surface area contributed by atoms with E-state index in [1.165, 1.54) is 0 Å². The molecule has 0 aromatic heterocycles. The van der Waals surface area contributed by atoms with E-state index in [1.807, 2.05) is 30.3 Å². The Bertz CT molecular complexity index is 628. The van der Waals surface area contributed by atoms with Gasteiger partial charge in [-0.3, -0.25) is 4.79 Å². The lowest BCUT2D eigenvalue weighted by atomic mass is 9.83. The fraction of sp³-hybridized carbons (Fsp3) is 0.579. The van der Waals surface area contributed by atoms with Gasteiger partial charge in [0.1, 0.15) is 12.2 Å². The van der Waals surface area contributed by atoms with Crippen LogP contribution in [0.3, 0.4) is 0 Å². The second kappa shape index (κ2) is 8.01. The standard InChI is InChI=1S/C19H25F2NO4/c1-18(2,3)26-17(24)22-15-11-14(9-10-19(15,20)21)16(23)25-12-13-7-5-4-6-8-13/h4-8,14-15H,9-12H2,1-3H3,(H,22,24)/t14?,15-/m1/s1. The Balaban J connectivity index is 1.93. The Morgan fingerprint density at radius 3 is 2.50 bits per heavy atom. The molecule has 1 amide bonds. The van der Waals surface area contributed by atoms with Crippen LogP contribution in [0.2, 0.25) is 0 Å². The van der Waals surface area contributed by atoms with Crippen molar-refractivity contribution < 1.29 is 27.8 Å². The first kappa shape index (κ1) is 20.1. The zero-order valence-electron chi connectivity index (χ0n) is 15.3. The van der Waals surface area contributed by atoms with Gasteiger partial charge in [-0.2, -0.15) is 0 Å². The zero-order chi connectivity index (χ0) is 19.4. The lowest BCUT2D eigenvalue weighted by molar-refractivity contribution is -0.155. The zero-order valence-corrected chi connectivity index (χ0v) is 15.3. The number of alkyl carbamates (subject to hydrolysis) is 1. The lowest BCUT2D eigenvalue weighted by Crippen LogP contribution is -2.53. The molecule has 144 valence electrons. The van der Waals surface area contributed by atoms with Crippen LogP contribution in [0, 0.1) is 5.92 Å². The molecule has 0 aliphatic heterocycles. The third-order valence-electron chi connectivity index (χ3n) is 4.10. The smallest absolute Gasteiger partial charge is 0.408 e. The van der Waals surface area contributed by atoms with Crippen LogP contribution in [0.5, 0.6) is 0 Å². The average Bonchev–Trinajstić information content (AvgIpc) is 2.54. The van der Waals surface area contributed by atoms with Crippen molar-refractivity contribution in [2.24, 2.45) is 5.92 Å². The number of benzene rings is 1. The molecule has 0 spiro atoms. The molecule has 1 aromatic rings. The van der Waals surface area contributed by atoms with Gasteiger partial charge in [0.25, 0.3) is 5.92 Å². The van der Waals surface area contributed by atoms with Crippen LogP contribution in [-0.4, -0.2) is 29.6 Å². The molecule has 1 aromatic carbocycles. The summed E-state index contributed by atoms with van der Waals surface area (Å²) in [6, 6.07) is 7.67. The van der Waals surface area contributed by atoms with Gasteiger partial charge in [-0.25, -0.2) is 13.6 Å². The van der Waals surface area contributed by atoms with Crippen LogP contribution in [0.4, 0.5) is 13.6 Å². The first-order valence-corrected chi connectivity index (χ1v) is 8.65. The Labute approximate surface area is 152 Å². The quantitative estimate of drug-likeness (QED) is 0.813. The fourth-order valence-corrected chi connectivity index (χ4v) is 2.79. The highest BCUT2D eigenvalue weighted by molar-refractivity contribution is 5.73. The van der Waals surface area contributed by atoms with Gasteiger partial charge in [0.15, 0.2) is 0 Å². The molecule has 5 nitrogen and oxygen atoms in total. The van der Waals surface area contributed by atoms with Gasteiger partial charge in [-0.1, -0.05) is 30.3 Å². The van der Waals surface area contributed by atoms with Crippen molar-refractivity contribution in [1.82, 2.24) is 5.32 Å². The third-order valence-corrected chi connectivity index (χ3v) is 4.10. The molecule has 1 fully saturated rings. The summed E-state index contributed by atoms with van der Waals surface area (Å²) < 4.78 is 38.5. The summed E-state index contributed by atoms with van der Waals surface area (Å²) in [5.74, 6) is -4.30. The minimum absolute atomic E-state index is 0.0210. The number of halogens is 2. The molecule has 1 saturated carbocycles. The fourth-order valence-electron chi connectivity index (χ4n) is 2.79. The van der Waals surface area contributed by atoms with Gasteiger partial charge in [0.2, 0.25) is 0 Å². The number of carbonyl (C=O) groups is 2. The molecule has 0 saturated heterocycles. The summed E-state index contributed by atoms with van der Waals surface area (Å²) in [4.78, 5) is 24.1. The normalized spacial score (nSPS) is 22.3. The maximum Gasteiger partial charge on any atom is 0.408 e. The Kier molecular flexibility index (Phi) is 6.21. The maximum absolute atomic E-state index is 14.1. The molecule has 1 aliphatic carbocycles. The molecule has 1 aliphatic rings. The van der Waals surface area contributed by atoms with Crippen LogP contribution >= 0.6 is 0 Å². The second-order valence-electron chi connectivity index (χ2n) is 7.52. The van der Waals surface area contributed by atoms with Crippen LogP contribution in [0.1, 0.15) is 45.6 Å². The van der Waals surface area contributed by atoms with Crippen molar-refractivity contribution in [2.45, 2.75) is 64.2 Å². The third kappa shape index (κ3) is 5.97. The van der Waals surface area contributed by atoms with Gasteiger partial charge in [-0.15, -0.1) is 0 Å². The Hall–Kier alpha value is -2.18. The van der Waals surface area contributed by atoms with Gasteiger partial charge < -0.3 is 14.8 Å². The van der Waals surface area contributed by atoms with Crippen molar-refractivity contribution in [3.8, 4) is 0 Å². The van der Waals surface area contributed by atoms with E-state index in [9.17, 15) is 18.4 Å². The molecule has 1 N–H and O–H groups in total. The molecule has 0 bridgehead atoms. The van der Waals surface area contributed by atoms with Crippen molar-refractivity contribution in [2.75, 3.05) is 0 Å². The highest BCUT2D eigenvalue weighted by atomic mass is 19.3. The number of esters is 1. The molecular weight excluding hydrogens is 344 g/mol. The Morgan fingerprint density at radius 1 is 1.23 bits per heavy atom. The molecule has 7 heteroatoms. The SMILES string of the molecule is CC(C)(C)OC(=O)N[C@@H]1CC(C(=O)OCc2ccccc2)CCC1(F)F. The summed E-state index contributed by atoms with van der Waals surface area (Å²) in [6.07, 6.45) is -1.56. The number of amides is 1. The summed E-state index contributed by atoms with van der Waals surface area (Å²) in [7, 11) is 0. The summed E-state index contributed by atoms with van der Waals surface area (Å²) in [5.41, 5.74) is 0.0348. The minimum Gasteiger partial charge on any atom is -0.461 e. The molecule has 0 heterocycles. The van der Waals surface area contributed by atoms with E-state index < -0.39 is 42.0 Å². The van der Waals surface area contributed by atoms with Crippen molar-refractivity contribution >= 4 is 12.1 Å². The van der Waals surface area contributed by atoms with Crippen LogP contribution in [0.15, 0.2) is 30.3 Å². The van der Waals surface area contributed by atoms with Crippen LogP contribution in [-0.2, 0) is 20.9 Å². The number of carbonyl (C=O) groups excluding carboxylic acids is 2. The largest absolute Gasteiger partial charge is 0.461 e. The molecule has 2 atom stereocenters. The van der Waals surface area contributed by atoms with Gasteiger partial charge >= 0.3 is 12.1 Å². The van der Waals surface area contributed by atoms with E-state index in [0.29, 0.717) is 0 Å². The van der Waals surface area contributed by atoms with E-state index in [2.05, 4.69) is 5.32 Å². The molecular formula is C19H25F2NO4. The van der Waals surface area contributed by atoms with Crippen LogP contribution < -0.4 is 5.32 Å². The topological polar surface area (TPSA) is 64.6 Å². The number of alkyl halides is 2. The summed E-state index contributed by atoms with van der Waals surface area (Å²) in [6.45, 7) is 5.04. The highest BCUT2D eigenvalue weighted by Gasteiger charge is 2.47. The first-order chi connectivity index (χ1) is 12.1. The molecule has 1 unspecified atom stereocenters. The summed E-state index contributed by atoms with van der Waals surface area (Å²) in [5, 5.41) is 2.21. The van der Waals surface area contributed by atoms with E-state index in [0.717, 1.165) is 5.56 Å². The predicted molar refractivity (Wildman–Crippen MR) is 91.7 cm³/mol. The monoisotopic (exact) mass is 369 g/mol. The van der Waals surface area contributed by atoms with Gasteiger partial charge in [-0.05, 0) is 39.2 Å². The van der Waals surface area contributed by atoms with E-state index in [1.54, 1.807) is 20.8 Å².